The molecule has 0 spiro atoms. The number of aromatic nitrogens is 3. The molecule has 0 amide bonds. The van der Waals surface area contributed by atoms with Crippen molar-refractivity contribution < 1.29 is 4.74 Å². The van der Waals surface area contributed by atoms with Crippen molar-refractivity contribution >= 4 is 0 Å². The van der Waals surface area contributed by atoms with Gasteiger partial charge in [0.25, 0.3) is 0 Å². The highest BCUT2D eigenvalue weighted by atomic mass is 16.5. The summed E-state index contributed by atoms with van der Waals surface area (Å²) in [7, 11) is 1.71. The molecule has 1 rings (SSSR count). The molecular weight excluding hydrogens is 192 g/mol. The van der Waals surface area contributed by atoms with Crippen LogP contribution in [-0.4, -0.2) is 41.6 Å². The Morgan fingerprint density at radius 2 is 2.20 bits per heavy atom. The van der Waals surface area contributed by atoms with Crippen LogP contribution in [0.15, 0.2) is 0 Å². The fraction of sp³-hybridized carbons (Fsp3) is 0.800. The summed E-state index contributed by atoms with van der Waals surface area (Å²) >= 11 is 0. The Bertz CT molecular complexity index is 298. The molecule has 1 aromatic rings. The minimum absolute atomic E-state index is 0.219. The summed E-state index contributed by atoms with van der Waals surface area (Å²) < 4.78 is 7.12. The van der Waals surface area contributed by atoms with Gasteiger partial charge in [-0.2, -0.15) is 5.10 Å². The number of methoxy groups -OCH3 is 1. The SMILES string of the molecule is CCNCC(COC)n1nc(C)nc1C. The van der Waals surface area contributed by atoms with Crippen molar-refractivity contribution in [2.75, 3.05) is 26.8 Å². The van der Waals surface area contributed by atoms with Crippen LogP contribution in [0.4, 0.5) is 0 Å². The lowest BCUT2D eigenvalue weighted by Gasteiger charge is -2.17. The van der Waals surface area contributed by atoms with Gasteiger partial charge in [-0.15, -0.1) is 0 Å². The number of ether oxygens (including phenoxy) is 1. The molecule has 1 heterocycles. The van der Waals surface area contributed by atoms with Crippen molar-refractivity contribution in [1.82, 2.24) is 20.1 Å². The second-order valence-corrected chi connectivity index (χ2v) is 3.57. The third-order valence-corrected chi connectivity index (χ3v) is 2.24. The zero-order valence-corrected chi connectivity index (χ0v) is 9.95. The minimum atomic E-state index is 0.219. The summed E-state index contributed by atoms with van der Waals surface area (Å²) in [5, 5.41) is 7.67. The Morgan fingerprint density at radius 3 is 2.67 bits per heavy atom. The normalized spacial score (nSPS) is 13.1. The molecule has 15 heavy (non-hydrogen) atoms. The predicted molar refractivity (Wildman–Crippen MR) is 59.0 cm³/mol. The van der Waals surface area contributed by atoms with E-state index in [0.717, 1.165) is 24.7 Å². The van der Waals surface area contributed by atoms with Gasteiger partial charge in [0, 0.05) is 13.7 Å². The van der Waals surface area contributed by atoms with E-state index in [1.165, 1.54) is 0 Å². The molecule has 0 aromatic carbocycles. The zero-order chi connectivity index (χ0) is 11.3. The topological polar surface area (TPSA) is 52.0 Å². The Morgan fingerprint density at radius 1 is 1.47 bits per heavy atom. The van der Waals surface area contributed by atoms with Crippen LogP contribution in [0, 0.1) is 13.8 Å². The lowest BCUT2D eigenvalue weighted by atomic mass is 10.3. The monoisotopic (exact) mass is 212 g/mol. The average Bonchev–Trinajstić information content (AvgIpc) is 2.52. The highest BCUT2D eigenvalue weighted by Gasteiger charge is 2.14. The molecule has 0 aliphatic heterocycles. The highest BCUT2D eigenvalue weighted by molar-refractivity contribution is 4.90. The largest absolute Gasteiger partial charge is 0.382 e. The van der Waals surface area contributed by atoms with Gasteiger partial charge in [0.1, 0.15) is 11.6 Å². The van der Waals surface area contributed by atoms with Crippen LogP contribution < -0.4 is 5.32 Å². The van der Waals surface area contributed by atoms with E-state index in [2.05, 4.69) is 22.3 Å². The Kier molecular flexibility index (Phi) is 4.71. The quantitative estimate of drug-likeness (QED) is 0.754. The molecule has 0 saturated carbocycles. The van der Waals surface area contributed by atoms with Gasteiger partial charge in [0.15, 0.2) is 0 Å². The van der Waals surface area contributed by atoms with Crippen LogP contribution in [0.25, 0.3) is 0 Å². The predicted octanol–water partition coefficient (Wildman–Crippen LogP) is 0.692. The summed E-state index contributed by atoms with van der Waals surface area (Å²) in [6.45, 7) is 8.41. The molecule has 0 aliphatic carbocycles. The van der Waals surface area contributed by atoms with Gasteiger partial charge < -0.3 is 10.1 Å². The van der Waals surface area contributed by atoms with Crippen LogP contribution in [0.2, 0.25) is 0 Å². The summed E-state index contributed by atoms with van der Waals surface area (Å²) in [4.78, 5) is 4.29. The Labute approximate surface area is 90.8 Å². The van der Waals surface area contributed by atoms with Crippen molar-refractivity contribution in [2.45, 2.75) is 26.8 Å². The maximum atomic E-state index is 5.19. The first-order chi connectivity index (χ1) is 7.19. The Balaban J connectivity index is 2.73. The number of likely N-dealkylation sites (N-methyl/N-ethyl adjacent to an activating group) is 1. The van der Waals surface area contributed by atoms with Crippen LogP contribution in [0.1, 0.15) is 24.6 Å². The van der Waals surface area contributed by atoms with Crippen molar-refractivity contribution in [3.63, 3.8) is 0 Å². The highest BCUT2D eigenvalue weighted by Crippen LogP contribution is 2.07. The van der Waals surface area contributed by atoms with E-state index in [1.807, 2.05) is 18.5 Å². The van der Waals surface area contributed by atoms with Crippen molar-refractivity contribution in [1.29, 1.82) is 0 Å². The minimum Gasteiger partial charge on any atom is -0.382 e. The number of hydrogen-bond acceptors (Lipinski definition) is 4. The maximum Gasteiger partial charge on any atom is 0.147 e. The number of nitrogens with zero attached hydrogens (tertiary/aromatic N) is 3. The third kappa shape index (κ3) is 3.28. The first-order valence-electron chi connectivity index (χ1n) is 5.28. The Hall–Kier alpha value is -0.940. The fourth-order valence-corrected chi connectivity index (χ4v) is 1.60. The number of nitrogens with one attached hydrogen (secondary N) is 1. The average molecular weight is 212 g/mol. The third-order valence-electron chi connectivity index (χ3n) is 2.24. The second-order valence-electron chi connectivity index (χ2n) is 3.57. The molecule has 0 radical (unpaired) electrons. The van der Waals surface area contributed by atoms with Crippen LogP contribution in [0.3, 0.4) is 0 Å². The molecule has 1 atom stereocenters. The number of hydrogen-bond donors (Lipinski definition) is 1. The molecular formula is C10H20N4O. The molecule has 5 nitrogen and oxygen atoms in total. The zero-order valence-electron chi connectivity index (χ0n) is 9.95. The molecule has 0 fully saturated rings. The molecule has 86 valence electrons. The second kappa shape index (κ2) is 5.82. The first-order valence-corrected chi connectivity index (χ1v) is 5.28. The summed E-state index contributed by atoms with van der Waals surface area (Å²) in [6, 6.07) is 0.219. The summed E-state index contributed by atoms with van der Waals surface area (Å²) in [5.41, 5.74) is 0. The van der Waals surface area contributed by atoms with E-state index >= 15 is 0 Å². The molecule has 1 aromatic heterocycles. The van der Waals surface area contributed by atoms with Gasteiger partial charge in [-0.3, -0.25) is 0 Å². The van der Waals surface area contributed by atoms with Crippen molar-refractivity contribution in [3.05, 3.63) is 11.6 Å². The maximum absolute atomic E-state index is 5.19. The van der Waals surface area contributed by atoms with Gasteiger partial charge in [0.05, 0.1) is 12.6 Å². The van der Waals surface area contributed by atoms with E-state index in [-0.39, 0.29) is 6.04 Å². The first kappa shape index (κ1) is 12.1. The van der Waals surface area contributed by atoms with E-state index < -0.39 is 0 Å². The van der Waals surface area contributed by atoms with Gasteiger partial charge in [-0.05, 0) is 20.4 Å². The van der Waals surface area contributed by atoms with Crippen molar-refractivity contribution in [3.8, 4) is 0 Å². The van der Waals surface area contributed by atoms with Crippen LogP contribution in [0.5, 0.6) is 0 Å². The molecule has 0 saturated heterocycles. The molecule has 1 N–H and O–H groups in total. The van der Waals surface area contributed by atoms with Gasteiger partial charge in [-0.1, -0.05) is 6.92 Å². The molecule has 1 unspecified atom stereocenters. The van der Waals surface area contributed by atoms with Crippen LogP contribution >= 0.6 is 0 Å². The van der Waals surface area contributed by atoms with Gasteiger partial charge >= 0.3 is 0 Å². The summed E-state index contributed by atoms with van der Waals surface area (Å²) in [5.74, 6) is 1.75. The standard InChI is InChI=1S/C10H20N4O/c1-5-11-6-10(7-15-4)14-9(3)12-8(2)13-14/h10-11H,5-7H2,1-4H3. The van der Waals surface area contributed by atoms with E-state index in [0.29, 0.717) is 6.61 Å². The van der Waals surface area contributed by atoms with E-state index in [9.17, 15) is 0 Å². The lowest BCUT2D eigenvalue weighted by molar-refractivity contribution is 0.147. The fourth-order valence-electron chi connectivity index (χ4n) is 1.60. The van der Waals surface area contributed by atoms with E-state index in [1.54, 1.807) is 7.11 Å². The molecule has 5 heteroatoms. The van der Waals surface area contributed by atoms with Crippen LogP contribution in [-0.2, 0) is 4.74 Å². The summed E-state index contributed by atoms with van der Waals surface area (Å²) in [6.07, 6.45) is 0. The molecule has 0 bridgehead atoms. The van der Waals surface area contributed by atoms with Gasteiger partial charge in [0.2, 0.25) is 0 Å². The lowest BCUT2D eigenvalue weighted by Crippen LogP contribution is -2.29. The van der Waals surface area contributed by atoms with Crippen molar-refractivity contribution in [2.24, 2.45) is 0 Å². The van der Waals surface area contributed by atoms with Gasteiger partial charge in [-0.25, -0.2) is 9.67 Å². The smallest absolute Gasteiger partial charge is 0.147 e. The number of rotatable bonds is 6. The molecule has 0 aliphatic rings. The number of aryl methyl sites for hydroxylation is 2. The van der Waals surface area contributed by atoms with E-state index in [4.69, 9.17) is 4.74 Å².